The number of benzene rings is 1. The van der Waals surface area contributed by atoms with Crippen LogP contribution in [0.5, 0.6) is 0 Å². The molecule has 2 saturated carbocycles. The molecule has 2 aliphatic rings. The summed E-state index contributed by atoms with van der Waals surface area (Å²) in [4.78, 5) is 12.9. The summed E-state index contributed by atoms with van der Waals surface area (Å²) in [7, 11) is 0. The minimum atomic E-state index is -0.719. The lowest BCUT2D eigenvalue weighted by molar-refractivity contribution is -0.139. The van der Waals surface area contributed by atoms with Gasteiger partial charge in [-0.15, -0.1) is 0 Å². The smallest absolute Gasteiger partial charge is 0.317 e. The van der Waals surface area contributed by atoms with E-state index in [0.717, 1.165) is 19.4 Å². The number of nitrogens with one attached hydrogen (secondary N) is 1. The van der Waals surface area contributed by atoms with E-state index in [4.69, 9.17) is 5.11 Å². The van der Waals surface area contributed by atoms with Crippen LogP contribution in [0.15, 0.2) is 30.3 Å². The van der Waals surface area contributed by atoms with E-state index in [1.54, 1.807) is 0 Å². The van der Waals surface area contributed by atoms with Crippen LogP contribution >= 0.6 is 0 Å². The number of carboxylic acids is 1. The molecule has 0 amide bonds. The van der Waals surface area contributed by atoms with Crippen LogP contribution < -0.4 is 5.32 Å². The van der Waals surface area contributed by atoms with Crippen molar-refractivity contribution in [1.82, 2.24) is 10.2 Å². The fourth-order valence-corrected chi connectivity index (χ4v) is 3.78. The Morgan fingerprint density at radius 2 is 1.82 bits per heavy atom. The molecular formula is C18H26N2O2. The van der Waals surface area contributed by atoms with Gasteiger partial charge in [-0.25, -0.2) is 0 Å². The highest BCUT2D eigenvalue weighted by atomic mass is 16.4. The first kappa shape index (κ1) is 15.5. The molecule has 0 unspecified atom stereocenters. The van der Waals surface area contributed by atoms with Crippen molar-refractivity contribution in [2.45, 2.75) is 56.7 Å². The number of aliphatic carboxylic acids is 1. The fraction of sp³-hybridized carbons (Fsp3) is 0.611. The summed E-state index contributed by atoms with van der Waals surface area (Å²) in [6.45, 7) is 3.04. The van der Waals surface area contributed by atoms with E-state index in [0.29, 0.717) is 24.0 Å². The molecule has 4 heteroatoms. The maximum Gasteiger partial charge on any atom is 0.317 e. The highest BCUT2D eigenvalue weighted by Crippen LogP contribution is 2.38. The lowest BCUT2D eigenvalue weighted by Crippen LogP contribution is -2.57. The van der Waals surface area contributed by atoms with Crippen LogP contribution in [0.4, 0.5) is 0 Å². The number of nitrogens with zero attached hydrogens (tertiary/aromatic N) is 1. The van der Waals surface area contributed by atoms with Gasteiger partial charge < -0.3 is 10.4 Å². The molecule has 2 aliphatic carbocycles. The van der Waals surface area contributed by atoms with E-state index in [2.05, 4.69) is 40.5 Å². The van der Waals surface area contributed by atoms with Gasteiger partial charge >= 0.3 is 5.97 Å². The molecule has 0 atom stereocenters. The van der Waals surface area contributed by atoms with Crippen molar-refractivity contribution in [2.75, 3.05) is 13.1 Å². The minimum Gasteiger partial charge on any atom is -0.480 e. The molecule has 120 valence electrons. The third kappa shape index (κ3) is 3.50. The summed E-state index contributed by atoms with van der Waals surface area (Å²) in [5.41, 5.74) is 1.46. The molecule has 2 N–H and O–H groups in total. The van der Waals surface area contributed by atoms with Gasteiger partial charge in [-0.1, -0.05) is 37.3 Å². The average molecular weight is 302 g/mol. The second-order valence-corrected chi connectivity index (χ2v) is 6.72. The predicted octanol–water partition coefficient (Wildman–Crippen LogP) is 2.46. The standard InChI is InChI=1S/C18H26N2O2/c1-2-20(12-18(21)22)17-10-16(11-17)19-15-8-14(9-15)13-6-4-3-5-7-13/h3-7,14-17,19H,2,8-12H2,1H3,(H,21,22). The van der Waals surface area contributed by atoms with E-state index in [1.807, 2.05) is 6.92 Å². The van der Waals surface area contributed by atoms with Gasteiger partial charge in [0, 0.05) is 18.1 Å². The lowest BCUT2D eigenvalue weighted by atomic mass is 9.74. The van der Waals surface area contributed by atoms with Gasteiger partial charge in [0.05, 0.1) is 6.54 Å². The van der Waals surface area contributed by atoms with Crippen LogP contribution in [0, 0.1) is 0 Å². The van der Waals surface area contributed by atoms with E-state index in [9.17, 15) is 4.79 Å². The monoisotopic (exact) mass is 302 g/mol. The van der Waals surface area contributed by atoms with Gasteiger partial charge in [0.25, 0.3) is 0 Å². The predicted molar refractivity (Wildman–Crippen MR) is 87.0 cm³/mol. The van der Waals surface area contributed by atoms with Crippen molar-refractivity contribution >= 4 is 5.97 Å². The Bertz CT molecular complexity index is 493. The number of carbonyl (C=O) groups is 1. The summed E-state index contributed by atoms with van der Waals surface area (Å²) in [5, 5.41) is 12.7. The SMILES string of the molecule is CCN(CC(=O)O)C1CC(NC2CC(c3ccccc3)C2)C1. The first-order valence-corrected chi connectivity index (χ1v) is 8.42. The number of rotatable bonds is 7. The summed E-state index contributed by atoms with van der Waals surface area (Å²) < 4.78 is 0. The number of likely N-dealkylation sites (N-methyl/N-ethyl adjacent to an activating group) is 1. The minimum absolute atomic E-state index is 0.174. The van der Waals surface area contributed by atoms with Crippen LogP contribution in [-0.4, -0.2) is 47.2 Å². The average Bonchev–Trinajstić information content (AvgIpc) is 2.42. The summed E-state index contributed by atoms with van der Waals surface area (Å²) in [6, 6.07) is 12.4. The van der Waals surface area contributed by atoms with E-state index < -0.39 is 5.97 Å². The Morgan fingerprint density at radius 3 is 2.41 bits per heavy atom. The molecule has 4 nitrogen and oxygen atoms in total. The second-order valence-electron chi connectivity index (χ2n) is 6.72. The van der Waals surface area contributed by atoms with Crippen molar-refractivity contribution in [1.29, 1.82) is 0 Å². The normalized spacial score (nSPS) is 30.6. The third-order valence-corrected chi connectivity index (χ3v) is 5.25. The molecular weight excluding hydrogens is 276 g/mol. The van der Waals surface area contributed by atoms with Crippen LogP contribution in [0.2, 0.25) is 0 Å². The molecule has 0 heterocycles. The summed E-state index contributed by atoms with van der Waals surface area (Å²) >= 11 is 0. The van der Waals surface area contributed by atoms with E-state index in [-0.39, 0.29) is 6.54 Å². The maximum absolute atomic E-state index is 10.8. The molecule has 0 radical (unpaired) electrons. The molecule has 22 heavy (non-hydrogen) atoms. The van der Waals surface area contributed by atoms with Crippen LogP contribution in [0.1, 0.15) is 44.1 Å². The first-order chi connectivity index (χ1) is 10.7. The van der Waals surface area contributed by atoms with Gasteiger partial charge in [0.1, 0.15) is 0 Å². The van der Waals surface area contributed by atoms with Gasteiger partial charge in [-0.2, -0.15) is 0 Å². The molecule has 0 saturated heterocycles. The zero-order chi connectivity index (χ0) is 15.5. The molecule has 2 fully saturated rings. The van der Waals surface area contributed by atoms with Crippen molar-refractivity contribution in [3.05, 3.63) is 35.9 Å². The van der Waals surface area contributed by atoms with Crippen LogP contribution in [0.25, 0.3) is 0 Å². The van der Waals surface area contributed by atoms with Crippen LogP contribution in [-0.2, 0) is 4.79 Å². The highest BCUT2D eigenvalue weighted by Gasteiger charge is 2.38. The zero-order valence-corrected chi connectivity index (χ0v) is 13.2. The molecule has 1 aromatic rings. The van der Waals surface area contributed by atoms with E-state index in [1.165, 1.54) is 18.4 Å². The quantitative estimate of drug-likeness (QED) is 0.812. The van der Waals surface area contributed by atoms with Gasteiger partial charge in [-0.05, 0) is 43.7 Å². The zero-order valence-electron chi connectivity index (χ0n) is 13.2. The number of hydrogen-bond donors (Lipinski definition) is 2. The topological polar surface area (TPSA) is 52.6 Å². The van der Waals surface area contributed by atoms with Crippen molar-refractivity contribution in [3.63, 3.8) is 0 Å². The Labute approximate surface area is 132 Å². The van der Waals surface area contributed by atoms with E-state index >= 15 is 0 Å². The molecule has 0 aliphatic heterocycles. The largest absolute Gasteiger partial charge is 0.480 e. The third-order valence-electron chi connectivity index (χ3n) is 5.25. The van der Waals surface area contributed by atoms with Gasteiger partial charge in [0.15, 0.2) is 0 Å². The summed E-state index contributed by atoms with van der Waals surface area (Å²) in [5.74, 6) is -0.00307. The Kier molecular flexibility index (Phi) is 4.79. The Balaban J connectivity index is 1.36. The fourth-order valence-electron chi connectivity index (χ4n) is 3.78. The van der Waals surface area contributed by atoms with Gasteiger partial charge in [-0.3, -0.25) is 9.69 Å². The highest BCUT2D eigenvalue weighted by molar-refractivity contribution is 5.69. The van der Waals surface area contributed by atoms with Crippen molar-refractivity contribution in [2.24, 2.45) is 0 Å². The molecule has 0 spiro atoms. The molecule has 0 bridgehead atoms. The lowest BCUT2D eigenvalue weighted by Gasteiger charge is -2.46. The first-order valence-electron chi connectivity index (χ1n) is 8.42. The van der Waals surface area contributed by atoms with Crippen molar-refractivity contribution < 1.29 is 9.90 Å². The summed E-state index contributed by atoms with van der Waals surface area (Å²) in [6.07, 6.45) is 4.65. The Morgan fingerprint density at radius 1 is 1.18 bits per heavy atom. The van der Waals surface area contributed by atoms with Crippen molar-refractivity contribution in [3.8, 4) is 0 Å². The molecule has 0 aromatic heterocycles. The number of carboxylic acid groups (broad SMARTS) is 1. The second kappa shape index (κ2) is 6.80. The molecule has 3 rings (SSSR count). The number of hydrogen-bond acceptors (Lipinski definition) is 3. The maximum atomic E-state index is 10.8. The molecule has 1 aromatic carbocycles. The Hall–Kier alpha value is -1.39. The van der Waals surface area contributed by atoms with Gasteiger partial charge in [0.2, 0.25) is 0 Å². The van der Waals surface area contributed by atoms with Crippen LogP contribution in [0.3, 0.4) is 0 Å².